The molecule has 0 atom stereocenters. The number of benzene rings is 9. The predicted molar refractivity (Wildman–Crippen MR) is 214 cm³/mol. The Kier molecular flexibility index (Phi) is 6.55. The number of nitrogens with zero attached hydrogens (tertiary/aromatic N) is 1. The summed E-state index contributed by atoms with van der Waals surface area (Å²) in [5, 5.41) is 9.17. The van der Waals surface area contributed by atoms with Gasteiger partial charge in [0.2, 0.25) is 0 Å². The molecule has 1 aliphatic rings. The average molecular weight is 653 g/mol. The fourth-order valence-electron chi connectivity index (χ4n) is 7.97. The maximum Gasteiger partial charge on any atom is 0.259 e. The van der Waals surface area contributed by atoms with E-state index in [0.717, 1.165) is 66.2 Å². The van der Waals surface area contributed by atoms with Gasteiger partial charge in [-0.05, 0) is 107 Å². The third-order valence-corrected chi connectivity index (χ3v) is 10.6. The molecule has 0 aromatic heterocycles. The number of anilines is 2. The number of rotatable bonds is 4. The molecular weight excluding hydrogens is 621 g/mol. The monoisotopic (exact) mass is 652 g/mol. The molecule has 0 saturated heterocycles. The van der Waals surface area contributed by atoms with Crippen molar-refractivity contribution in [3.63, 3.8) is 0 Å². The van der Waals surface area contributed by atoms with Crippen LogP contribution in [-0.2, 0) is 6.54 Å². The number of nitrogen functional groups attached to an aromatic ring is 1. The predicted octanol–water partition coefficient (Wildman–Crippen LogP) is 12.0. The van der Waals surface area contributed by atoms with E-state index in [0.29, 0.717) is 17.8 Å². The van der Waals surface area contributed by atoms with Crippen molar-refractivity contribution < 1.29 is 4.79 Å². The maximum absolute atomic E-state index is 14.7. The standard InChI is InChI=1S/C48H32N2O/c49-47-44(38-21-18-32-10-3-6-13-35(32)26-38)27-40(36-19-16-30-8-1-4-11-33(30)24-36)28-45(47)50-29-39-22-23-41(42-14-7-15-43(46(39)42)48(50)51)37-20-17-31-9-2-5-12-34(31)25-37/h1-28H,29,49H2. The van der Waals surface area contributed by atoms with Crippen LogP contribution in [0.4, 0.5) is 11.4 Å². The fraction of sp³-hybridized carbons (Fsp3) is 0.0208. The highest BCUT2D eigenvalue weighted by Gasteiger charge is 2.30. The average Bonchev–Trinajstić information content (AvgIpc) is 3.19. The van der Waals surface area contributed by atoms with Crippen molar-refractivity contribution in [3.8, 4) is 33.4 Å². The van der Waals surface area contributed by atoms with Gasteiger partial charge in [-0.3, -0.25) is 4.79 Å². The molecule has 1 aliphatic heterocycles. The van der Waals surface area contributed by atoms with Crippen molar-refractivity contribution in [2.45, 2.75) is 6.54 Å². The van der Waals surface area contributed by atoms with E-state index in [9.17, 15) is 4.79 Å². The fourth-order valence-corrected chi connectivity index (χ4v) is 7.97. The zero-order valence-electron chi connectivity index (χ0n) is 27.8. The first-order valence-electron chi connectivity index (χ1n) is 17.4. The van der Waals surface area contributed by atoms with E-state index >= 15 is 0 Å². The highest BCUT2D eigenvalue weighted by atomic mass is 16.2. The minimum atomic E-state index is -0.0458. The van der Waals surface area contributed by atoms with Crippen LogP contribution >= 0.6 is 0 Å². The molecule has 10 rings (SSSR count). The summed E-state index contributed by atoms with van der Waals surface area (Å²) in [5.41, 5.74) is 16.5. The van der Waals surface area contributed by atoms with Crippen molar-refractivity contribution >= 4 is 60.4 Å². The summed E-state index contributed by atoms with van der Waals surface area (Å²) in [7, 11) is 0. The van der Waals surface area contributed by atoms with Crippen LogP contribution in [0.25, 0.3) is 76.5 Å². The molecule has 3 nitrogen and oxygen atoms in total. The second kappa shape index (κ2) is 11.4. The van der Waals surface area contributed by atoms with E-state index in [1.54, 1.807) is 0 Å². The smallest absolute Gasteiger partial charge is 0.259 e. The van der Waals surface area contributed by atoms with E-state index in [-0.39, 0.29) is 5.91 Å². The van der Waals surface area contributed by atoms with E-state index in [1.165, 1.54) is 21.5 Å². The topological polar surface area (TPSA) is 46.3 Å². The SMILES string of the molecule is Nc1c(-c2ccc3ccccc3c2)cc(-c2ccc3ccccc3c2)cc1N1Cc2ccc(-c3ccc4ccccc4c3)c3cccc(c23)C1=O. The second-order valence-electron chi connectivity index (χ2n) is 13.5. The Bertz CT molecular complexity index is 2890. The molecule has 0 unspecified atom stereocenters. The van der Waals surface area contributed by atoms with Gasteiger partial charge in [-0.15, -0.1) is 0 Å². The van der Waals surface area contributed by atoms with Gasteiger partial charge in [-0.2, -0.15) is 0 Å². The maximum atomic E-state index is 14.7. The molecule has 2 N–H and O–H groups in total. The van der Waals surface area contributed by atoms with Gasteiger partial charge in [0.15, 0.2) is 0 Å². The summed E-state index contributed by atoms with van der Waals surface area (Å²) >= 11 is 0. The quantitative estimate of drug-likeness (QED) is 0.192. The number of carbonyl (C=O) groups excluding carboxylic acids is 1. The molecule has 9 aromatic rings. The lowest BCUT2D eigenvalue weighted by Gasteiger charge is -2.31. The van der Waals surface area contributed by atoms with Crippen LogP contribution in [0.15, 0.2) is 170 Å². The number of fused-ring (bicyclic) bond motifs is 3. The van der Waals surface area contributed by atoms with Crippen LogP contribution in [0.5, 0.6) is 0 Å². The minimum absolute atomic E-state index is 0.0458. The number of amides is 1. The van der Waals surface area contributed by atoms with Gasteiger partial charge in [0, 0.05) is 16.5 Å². The van der Waals surface area contributed by atoms with Crippen molar-refractivity contribution in [1.29, 1.82) is 0 Å². The molecule has 9 aromatic carbocycles. The third-order valence-electron chi connectivity index (χ3n) is 10.6. The van der Waals surface area contributed by atoms with Crippen LogP contribution in [0.1, 0.15) is 15.9 Å². The largest absolute Gasteiger partial charge is 0.397 e. The van der Waals surface area contributed by atoms with Crippen molar-refractivity contribution in [2.75, 3.05) is 10.6 Å². The molecule has 1 heterocycles. The van der Waals surface area contributed by atoms with Crippen LogP contribution < -0.4 is 10.6 Å². The van der Waals surface area contributed by atoms with Gasteiger partial charge < -0.3 is 10.6 Å². The van der Waals surface area contributed by atoms with Crippen LogP contribution in [0.2, 0.25) is 0 Å². The number of hydrogen-bond acceptors (Lipinski definition) is 2. The van der Waals surface area contributed by atoms with E-state index in [1.807, 2.05) is 17.0 Å². The summed E-state index contributed by atoms with van der Waals surface area (Å²) in [6, 6.07) is 59.5. The first-order valence-corrected chi connectivity index (χ1v) is 17.4. The molecule has 0 radical (unpaired) electrons. The van der Waals surface area contributed by atoms with Gasteiger partial charge in [0.25, 0.3) is 5.91 Å². The molecule has 0 saturated carbocycles. The Morgan fingerprint density at radius 1 is 0.431 bits per heavy atom. The summed E-state index contributed by atoms with van der Waals surface area (Å²) < 4.78 is 0. The minimum Gasteiger partial charge on any atom is -0.397 e. The lowest BCUT2D eigenvalue weighted by Crippen LogP contribution is -2.34. The lowest BCUT2D eigenvalue weighted by atomic mass is 9.88. The molecule has 51 heavy (non-hydrogen) atoms. The third kappa shape index (κ3) is 4.78. The Balaban J connectivity index is 1.14. The van der Waals surface area contributed by atoms with Crippen LogP contribution in [0, 0.1) is 0 Å². The second-order valence-corrected chi connectivity index (χ2v) is 13.5. The van der Waals surface area contributed by atoms with Gasteiger partial charge in [0.05, 0.1) is 17.9 Å². The Hall–Kier alpha value is -6.71. The Morgan fingerprint density at radius 2 is 0.980 bits per heavy atom. The van der Waals surface area contributed by atoms with Crippen LogP contribution in [-0.4, -0.2) is 5.91 Å². The van der Waals surface area contributed by atoms with Gasteiger partial charge >= 0.3 is 0 Å². The van der Waals surface area contributed by atoms with Gasteiger partial charge in [0.1, 0.15) is 0 Å². The number of nitrogens with two attached hydrogens (primary N) is 1. The molecule has 1 amide bonds. The van der Waals surface area contributed by atoms with E-state index in [4.69, 9.17) is 5.73 Å². The van der Waals surface area contributed by atoms with Crippen molar-refractivity contribution in [2.24, 2.45) is 0 Å². The molecule has 0 fully saturated rings. The summed E-state index contributed by atoms with van der Waals surface area (Å²) in [5.74, 6) is -0.0458. The Morgan fingerprint density at radius 3 is 1.61 bits per heavy atom. The molecule has 0 bridgehead atoms. The Labute approximate surface area is 295 Å². The molecule has 3 heteroatoms. The summed E-state index contributed by atoms with van der Waals surface area (Å²) in [6.45, 7) is 0.423. The summed E-state index contributed by atoms with van der Waals surface area (Å²) in [4.78, 5) is 16.6. The molecule has 240 valence electrons. The van der Waals surface area contributed by atoms with Crippen LogP contribution in [0.3, 0.4) is 0 Å². The normalized spacial score (nSPS) is 12.7. The number of hydrogen-bond donors (Lipinski definition) is 1. The van der Waals surface area contributed by atoms with Gasteiger partial charge in [-0.25, -0.2) is 0 Å². The zero-order chi connectivity index (χ0) is 34.1. The highest BCUT2D eigenvalue weighted by Crippen LogP contribution is 2.44. The van der Waals surface area contributed by atoms with Gasteiger partial charge in [-0.1, -0.05) is 133 Å². The molecular formula is C48H32N2O. The van der Waals surface area contributed by atoms with Crippen molar-refractivity contribution in [3.05, 3.63) is 181 Å². The molecule has 0 aliphatic carbocycles. The highest BCUT2D eigenvalue weighted by molar-refractivity contribution is 6.20. The van der Waals surface area contributed by atoms with E-state index in [2.05, 4.69) is 158 Å². The van der Waals surface area contributed by atoms with Crippen molar-refractivity contribution in [1.82, 2.24) is 0 Å². The first-order chi connectivity index (χ1) is 25.1. The zero-order valence-corrected chi connectivity index (χ0v) is 27.8. The lowest BCUT2D eigenvalue weighted by molar-refractivity contribution is 0.0984. The summed E-state index contributed by atoms with van der Waals surface area (Å²) in [6.07, 6.45) is 0. The molecule has 0 spiro atoms. The number of carbonyl (C=O) groups is 1. The van der Waals surface area contributed by atoms with E-state index < -0.39 is 0 Å². The first kappa shape index (κ1) is 29.2.